The molecular formula is C21H19IrN3-2. The van der Waals surface area contributed by atoms with Crippen molar-refractivity contribution in [1.29, 1.82) is 5.26 Å². The first kappa shape index (κ1) is 16.6. The van der Waals surface area contributed by atoms with Gasteiger partial charge in [0.2, 0.25) is 0 Å². The summed E-state index contributed by atoms with van der Waals surface area (Å²) in [6, 6.07) is 15.8. The standard InChI is InChI=1S/C21H19N3.Ir/c1-23-13-24(17-8-2-14(12-22)3-9-17)21-11-19-16-6-4-15(5-7-16)18(19)10-20(21)23;/h2-3,8,10-11,13,15-16H,4-7H2,1H3;/q-2;. The normalized spacial score (nSPS) is 22.9. The number of benzene rings is 2. The SMILES string of the molecule is CN1[CH-]N(c2[c-]cc(C#N)cc2)c2cc3c(cc21)C1CCC3CC1.[Ir]. The fraction of sp³-hybridized carbons (Fsp3) is 0.333. The van der Waals surface area contributed by atoms with Gasteiger partial charge in [-0.25, -0.2) is 5.26 Å². The Labute approximate surface area is 162 Å². The first-order valence-corrected chi connectivity index (χ1v) is 8.71. The fourth-order valence-electron chi connectivity index (χ4n) is 4.63. The Hall–Kier alpha value is -1.82. The largest absolute Gasteiger partial charge is 0.504 e. The molecule has 3 nitrogen and oxygen atoms in total. The molecule has 0 aromatic heterocycles. The average molecular weight is 506 g/mol. The Bertz CT molecular complexity index is 845. The van der Waals surface area contributed by atoms with Crippen LogP contribution in [-0.4, -0.2) is 7.05 Å². The van der Waals surface area contributed by atoms with E-state index < -0.39 is 0 Å². The van der Waals surface area contributed by atoms with E-state index in [1.165, 1.54) is 37.1 Å². The summed E-state index contributed by atoms with van der Waals surface area (Å²) in [7, 11) is 2.11. The maximum atomic E-state index is 8.99. The number of nitrogens with zero attached hydrogens (tertiary/aromatic N) is 3. The molecule has 3 aliphatic carbocycles. The molecule has 0 amide bonds. The summed E-state index contributed by atoms with van der Waals surface area (Å²) in [4.78, 5) is 4.39. The third-order valence-corrected chi connectivity index (χ3v) is 5.90. The quantitative estimate of drug-likeness (QED) is 0.521. The van der Waals surface area contributed by atoms with Crippen molar-refractivity contribution < 1.29 is 20.1 Å². The van der Waals surface area contributed by atoms with Crippen molar-refractivity contribution in [2.75, 3.05) is 16.8 Å². The van der Waals surface area contributed by atoms with Crippen LogP contribution < -0.4 is 9.80 Å². The molecule has 0 saturated heterocycles. The van der Waals surface area contributed by atoms with E-state index >= 15 is 0 Å². The maximum Gasteiger partial charge on any atom is 0.0329 e. The molecule has 1 radical (unpaired) electrons. The number of anilines is 3. The van der Waals surface area contributed by atoms with Crippen molar-refractivity contribution in [2.24, 2.45) is 0 Å². The molecule has 1 fully saturated rings. The predicted molar refractivity (Wildman–Crippen MR) is 95.2 cm³/mol. The molecule has 1 aliphatic heterocycles. The van der Waals surface area contributed by atoms with Crippen molar-refractivity contribution in [3.8, 4) is 6.07 Å². The van der Waals surface area contributed by atoms with Crippen LogP contribution >= 0.6 is 0 Å². The summed E-state index contributed by atoms with van der Waals surface area (Å²) in [5, 5.41) is 8.99. The first-order valence-electron chi connectivity index (χ1n) is 8.71. The zero-order valence-corrected chi connectivity index (χ0v) is 16.5. The Morgan fingerprint density at radius 3 is 2.28 bits per heavy atom. The van der Waals surface area contributed by atoms with E-state index in [1.807, 2.05) is 12.1 Å². The molecule has 0 spiro atoms. The molecule has 4 heteroatoms. The van der Waals surface area contributed by atoms with Crippen molar-refractivity contribution in [2.45, 2.75) is 37.5 Å². The van der Waals surface area contributed by atoms with Gasteiger partial charge in [-0.3, -0.25) is 0 Å². The molecule has 4 aliphatic rings. The monoisotopic (exact) mass is 506 g/mol. The number of hydrogen-bond donors (Lipinski definition) is 0. The van der Waals surface area contributed by atoms with Crippen LogP contribution in [-0.2, 0) is 20.1 Å². The van der Waals surface area contributed by atoms with E-state index in [0.29, 0.717) is 5.56 Å². The zero-order chi connectivity index (χ0) is 16.3. The Balaban J connectivity index is 0.00000157. The number of fused-ring (bicyclic) bond motifs is 3. The molecule has 2 aromatic rings. The van der Waals surface area contributed by atoms with Crippen LogP contribution in [0.5, 0.6) is 0 Å². The number of hydrogen-bond acceptors (Lipinski definition) is 3. The fourth-order valence-corrected chi connectivity index (χ4v) is 4.63. The van der Waals surface area contributed by atoms with Gasteiger partial charge in [-0.05, 0) is 67.8 Å². The predicted octanol–water partition coefficient (Wildman–Crippen LogP) is 4.82. The molecule has 6 rings (SSSR count). The van der Waals surface area contributed by atoms with Gasteiger partial charge in [0, 0.05) is 37.5 Å². The van der Waals surface area contributed by atoms with E-state index in [-0.39, 0.29) is 20.1 Å². The Morgan fingerprint density at radius 2 is 1.72 bits per heavy atom. The Kier molecular flexibility index (Phi) is 4.10. The van der Waals surface area contributed by atoms with Crippen LogP contribution in [0.3, 0.4) is 0 Å². The van der Waals surface area contributed by atoms with Crippen molar-refractivity contribution in [3.63, 3.8) is 0 Å². The smallest absolute Gasteiger partial charge is 0.0329 e. The first-order chi connectivity index (χ1) is 11.7. The average Bonchev–Trinajstić information content (AvgIpc) is 2.97. The van der Waals surface area contributed by atoms with Gasteiger partial charge in [0.15, 0.2) is 0 Å². The Morgan fingerprint density at radius 1 is 1.08 bits per heavy atom. The van der Waals surface area contributed by atoms with Gasteiger partial charge >= 0.3 is 0 Å². The third kappa shape index (κ3) is 2.49. The molecule has 2 aromatic carbocycles. The van der Waals surface area contributed by atoms with Crippen LogP contribution in [0.25, 0.3) is 0 Å². The van der Waals surface area contributed by atoms with E-state index in [2.05, 4.69) is 47.8 Å². The third-order valence-electron chi connectivity index (χ3n) is 5.90. The topological polar surface area (TPSA) is 30.3 Å². The summed E-state index contributed by atoms with van der Waals surface area (Å²) in [5.74, 6) is 1.51. The van der Waals surface area contributed by atoms with Crippen molar-refractivity contribution >= 4 is 17.1 Å². The molecule has 1 heterocycles. The van der Waals surface area contributed by atoms with Crippen LogP contribution in [0.4, 0.5) is 17.1 Å². The summed E-state index contributed by atoms with van der Waals surface area (Å²) in [6.45, 7) is 2.12. The van der Waals surface area contributed by atoms with E-state index in [1.54, 1.807) is 17.2 Å². The van der Waals surface area contributed by atoms with E-state index in [0.717, 1.165) is 17.5 Å². The molecule has 25 heavy (non-hydrogen) atoms. The maximum absolute atomic E-state index is 8.99. The van der Waals surface area contributed by atoms with Crippen LogP contribution in [0.2, 0.25) is 0 Å². The van der Waals surface area contributed by atoms with Gasteiger partial charge in [-0.1, -0.05) is 5.56 Å². The molecule has 0 N–H and O–H groups in total. The van der Waals surface area contributed by atoms with Gasteiger partial charge in [0.05, 0.1) is 0 Å². The second kappa shape index (κ2) is 6.16. The van der Waals surface area contributed by atoms with Gasteiger partial charge < -0.3 is 9.80 Å². The van der Waals surface area contributed by atoms with Crippen LogP contribution in [0.15, 0.2) is 30.3 Å². The molecular weight excluding hydrogens is 486 g/mol. The van der Waals surface area contributed by atoms with Gasteiger partial charge in [-0.2, -0.15) is 24.9 Å². The minimum absolute atomic E-state index is 0. The van der Waals surface area contributed by atoms with Crippen LogP contribution in [0, 0.1) is 24.1 Å². The zero-order valence-electron chi connectivity index (χ0n) is 14.1. The van der Waals surface area contributed by atoms with Gasteiger partial charge in [-0.15, -0.1) is 11.8 Å². The van der Waals surface area contributed by atoms with Crippen molar-refractivity contribution in [3.05, 3.63) is 59.8 Å². The van der Waals surface area contributed by atoms with Crippen LogP contribution in [0.1, 0.15) is 54.2 Å². The molecule has 1 saturated carbocycles. The molecule has 0 atom stereocenters. The molecule has 129 valence electrons. The molecule has 2 bridgehead atoms. The second-order valence-electron chi connectivity index (χ2n) is 7.19. The minimum atomic E-state index is 0. The van der Waals surface area contributed by atoms with Gasteiger partial charge in [0.1, 0.15) is 0 Å². The minimum Gasteiger partial charge on any atom is -0.504 e. The summed E-state index contributed by atoms with van der Waals surface area (Å²) in [5.41, 5.74) is 7.30. The van der Waals surface area contributed by atoms with E-state index in [4.69, 9.17) is 5.26 Å². The summed E-state index contributed by atoms with van der Waals surface area (Å²) >= 11 is 0. The van der Waals surface area contributed by atoms with E-state index in [9.17, 15) is 0 Å². The number of nitriles is 1. The molecule has 0 unspecified atom stereocenters. The number of rotatable bonds is 1. The summed E-state index contributed by atoms with van der Waals surface area (Å²) < 4.78 is 0. The second-order valence-corrected chi connectivity index (χ2v) is 7.19. The van der Waals surface area contributed by atoms with Crippen molar-refractivity contribution in [1.82, 2.24) is 0 Å². The summed E-state index contributed by atoms with van der Waals surface area (Å²) in [6.07, 6.45) is 5.41. The van der Waals surface area contributed by atoms with Gasteiger partial charge in [0.25, 0.3) is 0 Å².